The fourth-order valence-electron chi connectivity index (χ4n) is 3.99. The summed E-state index contributed by atoms with van der Waals surface area (Å²) in [5, 5.41) is 10.9. The van der Waals surface area contributed by atoms with Gasteiger partial charge < -0.3 is 15.2 Å². The van der Waals surface area contributed by atoms with Crippen molar-refractivity contribution in [2.75, 3.05) is 5.32 Å². The van der Waals surface area contributed by atoms with Crippen LogP contribution in [0, 0.1) is 5.41 Å². The van der Waals surface area contributed by atoms with Gasteiger partial charge in [-0.2, -0.15) is 0 Å². The van der Waals surface area contributed by atoms with E-state index in [2.05, 4.69) is 17.7 Å². The molecule has 0 bridgehead atoms. The second-order valence-corrected chi connectivity index (χ2v) is 8.72. The number of carbonyl (C=O) groups excluding carboxylic acids is 1. The molecule has 0 saturated heterocycles. The Morgan fingerprint density at radius 1 is 0.939 bits per heavy atom. The highest BCUT2D eigenvalue weighted by Gasteiger charge is 2.13. The fraction of sp³-hybridized carbons (Fsp3) is 0.577. The molecular weight excluding hydrogens is 416 g/mol. The van der Waals surface area contributed by atoms with Crippen LogP contribution in [-0.4, -0.2) is 11.7 Å². The number of hydrogen-bond donors (Lipinski definition) is 4. The average Bonchev–Trinajstić information content (AvgIpc) is 2.82. The molecule has 0 fully saturated rings. The second kappa shape index (κ2) is 15.2. The number of fused-ring (bicyclic) bond motifs is 1. The first-order valence-corrected chi connectivity index (χ1v) is 12.5. The van der Waals surface area contributed by atoms with Gasteiger partial charge in [0.05, 0.1) is 11.1 Å². The van der Waals surface area contributed by atoms with Gasteiger partial charge in [0.25, 0.3) is 0 Å². The first kappa shape index (κ1) is 26.6. The third-order valence-corrected chi connectivity index (χ3v) is 5.93. The van der Waals surface area contributed by atoms with Gasteiger partial charge >= 0.3 is 0 Å². The third kappa shape index (κ3) is 9.38. The predicted molar refractivity (Wildman–Crippen MR) is 136 cm³/mol. The van der Waals surface area contributed by atoms with E-state index in [0.717, 1.165) is 19.3 Å². The van der Waals surface area contributed by atoms with Gasteiger partial charge in [0.15, 0.2) is 22.6 Å². The van der Waals surface area contributed by atoms with E-state index in [1.165, 1.54) is 70.3 Å². The van der Waals surface area contributed by atoms with Crippen molar-refractivity contribution in [3.05, 3.63) is 40.2 Å². The van der Waals surface area contributed by atoms with Gasteiger partial charge in [-0.1, -0.05) is 90.0 Å². The number of hydrazine groups is 1. The van der Waals surface area contributed by atoms with E-state index >= 15 is 0 Å². The molecule has 7 heteroatoms. The normalized spacial score (nSPS) is 11.0. The molecule has 0 saturated carbocycles. The molecule has 1 amide bonds. The molecule has 0 atom stereocenters. The summed E-state index contributed by atoms with van der Waals surface area (Å²) in [6.45, 7) is 2.25. The molecule has 0 aliphatic heterocycles. The first-order valence-electron chi connectivity index (χ1n) is 12.5. The number of nitrogens with two attached hydrogens (primary N) is 1. The number of para-hydroxylation sites is 1. The van der Waals surface area contributed by atoms with E-state index in [0.29, 0.717) is 17.5 Å². The number of carbonyl (C=O) groups is 1. The summed E-state index contributed by atoms with van der Waals surface area (Å²) in [4.78, 5) is 24.7. The lowest BCUT2D eigenvalue weighted by Crippen LogP contribution is -2.30. The molecule has 0 aliphatic rings. The number of rotatable bonds is 16. The van der Waals surface area contributed by atoms with Crippen molar-refractivity contribution in [2.24, 2.45) is 5.84 Å². The minimum absolute atomic E-state index is 0.0215. The summed E-state index contributed by atoms with van der Waals surface area (Å²) >= 11 is 0. The van der Waals surface area contributed by atoms with E-state index in [-0.39, 0.29) is 28.5 Å². The molecular formula is C26H40N4O3. The molecule has 1 aromatic carbocycles. The van der Waals surface area contributed by atoms with Gasteiger partial charge in [0, 0.05) is 12.5 Å². The van der Waals surface area contributed by atoms with Crippen molar-refractivity contribution in [1.29, 1.82) is 5.41 Å². The summed E-state index contributed by atoms with van der Waals surface area (Å²) in [6, 6.07) is 6.23. The van der Waals surface area contributed by atoms with E-state index in [4.69, 9.17) is 15.7 Å². The van der Waals surface area contributed by atoms with Gasteiger partial charge in [-0.25, -0.2) is 5.84 Å². The number of benzene rings is 1. The van der Waals surface area contributed by atoms with Crippen LogP contribution in [-0.2, 0) is 4.79 Å². The number of amides is 1. The van der Waals surface area contributed by atoms with E-state index < -0.39 is 0 Å². The summed E-state index contributed by atoms with van der Waals surface area (Å²) in [6.07, 6.45) is 16.8. The number of anilines is 1. The molecule has 33 heavy (non-hydrogen) atoms. The molecule has 0 unspecified atom stereocenters. The lowest BCUT2D eigenvalue weighted by molar-refractivity contribution is -0.116. The first-order chi connectivity index (χ1) is 16.1. The van der Waals surface area contributed by atoms with E-state index in [1.807, 2.05) is 0 Å². The van der Waals surface area contributed by atoms with Crippen LogP contribution in [0.5, 0.6) is 0 Å². The maximum absolute atomic E-state index is 12.4. The Hall–Kier alpha value is -2.67. The van der Waals surface area contributed by atoms with Crippen molar-refractivity contribution >= 4 is 28.4 Å². The van der Waals surface area contributed by atoms with Crippen LogP contribution >= 0.6 is 0 Å². The monoisotopic (exact) mass is 456 g/mol. The molecule has 2 rings (SSSR count). The Morgan fingerprint density at radius 2 is 1.52 bits per heavy atom. The van der Waals surface area contributed by atoms with Crippen molar-refractivity contribution < 1.29 is 9.21 Å². The minimum atomic E-state index is -0.293. The molecule has 1 aromatic heterocycles. The molecule has 0 spiro atoms. The van der Waals surface area contributed by atoms with Gasteiger partial charge in [-0.3, -0.25) is 15.0 Å². The molecule has 1 heterocycles. The van der Waals surface area contributed by atoms with Crippen LogP contribution in [0.3, 0.4) is 0 Å². The second-order valence-electron chi connectivity index (χ2n) is 8.72. The predicted octanol–water partition coefficient (Wildman–Crippen LogP) is 6.00. The lowest BCUT2D eigenvalue weighted by Gasteiger charge is -2.09. The molecule has 5 N–H and O–H groups in total. The van der Waals surface area contributed by atoms with Gasteiger partial charge in [0.2, 0.25) is 5.91 Å². The SMILES string of the molecule is CCCCCCCCCCCCCCCC(=O)Nc1cccc2c(=O)cc(C(=N)NN)oc12. The topological polar surface area (TPSA) is 121 Å². The van der Waals surface area contributed by atoms with Gasteiger partial charge in [0.1, 0.15) is 0 Å². The van der Waals surface area contributed by atoms with Crippen LogP contribution in [0.25, 0.3) is 11.0 Å². The summed E-state index contributed by atoms with van der Waals surface area (Å²) < 4.78 is 5.67. The van der Waals surface area contributed by atoms with Crippen LogP contribution in [0.15, 0.2) is 33.5 Å². The third-order valence-electron chi connectivity index (χ3n) is 5.93. The Balaban J connectivity index is 1.67. The minimum Gasteiger partial charge on any atom is -0.450 e. The highest BCUT2D eigenvalue weighted by molar-refractivity contribution is 6.01. The summed E-state index contributed by atoms with van der Waals surface area (Å²) in [5.41, 5.74) is 2.55. The maximum Gasteiger partial charge on any atom is 0.224 e. The number of amidine groups is 1. The smallest absolute Gasteiger partial charge is 0.224 e. The number of unbranched alkanes of at least 4 members (excludes halogenated alkanes) is 12. The van der Waals surface area contributed by atoms with Gasteiger partial charge in [-0.15, -0.1) is 0 Å². The Bertz CT molecular complexity index is 939. The van der Waals surface area contributed by atoms with Crippen molar-refractivity contribution in [1.82, 2.24) is 5.43 Å². The van der Waals surface area contributed by atoms with Crippen molar-refractivity contribution in [3.8, 4) is 0 Å². The number of hydrogen-bond acceptors (Lipinski definition) is 5. The number of nitrogens with one attached hydrogen (secondary N) is 3. The Labute approximate surface area is 197 Å². The molecule has 2 aromatic rings. The average molecular weight is 457 g/mol. The van der Waals surface area contributed by atoms with Gasteiger partial charge in [-0.05, 0) is 18.6 Å². The van der Waals surface area contributed by atoms with Crippen LogP contribution < -0.4 is 22.0 Å². The fourth-order valence-corrected chi connectivity index (χ4v) is 3.99. The van der Waals surface area contributed by atoms with Crippen molar-refractivity contribution in [3.63, 3.8) is 0 Å². The van der Waals surface area contributed by atoms with Crippen LogP contribution in [0.1, 0.15) is 103 Å². The Kier molecular flexibility index (Phi) is 12.3. The standard InChI is InChI=1S/C26H40N4O3/c1-2-3-4-5-6-7-8-9-10-11-12-13-14-18-24(32)29-21-17-15-16-20-22(31)19-23(26(27)30-28)33-25(20)21/h15-17,19H,2-14,18,28H2,1H3,(H2,27,30)(H,29,32). The largest absolute Gasteiger partial charge is 0.450 e. The van der Waals surface area contributed by atoms with E-state index in [9.17, 15) is 9.59 Å². The van der Waals surface area contributed by atoms with Crippen LogP contribution in [0.2, 0.25) is 0 Å². The maximum atomic E-state index is 12.4. The van der Waals surface area contributed by atoms with Crippen molar-refractivity contribution in [2.45, 2.75) is 96.8 Å². The summed E-state index contributed by atoms with van der Waals surface area (Å²) in [5.74, 6) is 4.96. The zero-order valence-corrected chi connectivity index (χ0v) is 20.0. The molecule has 182 valence electrons. The molecule has 0 radical (unpaired) electrons. The molecule has 0 aliphatic carbocycles. The Morgan fingerprint density at radius 3 is 2.09 bits per heavy atom. The van der Waals surface area contributed by atoms with Crippen LogP contribution in [0.4, 0.5) is 5.69 Å². The lowest BCUT2D eigenvalue weighted by atomic mass is 10.0. The zero-order valence-electron chi connectivity index (χ0n) is 20.0. The molecule has 7 nitrogen and oxygen atoms in total. The quantitative estimate of drug-likeness (QED) is 0.0811. The zero-order chi connectivity index (χ0) is 23.9. The van der Waals surface area contributed by atoms with E-state index in [1.54, 1.807) is 18.2 Å². The summed E-state index contributed by atoms with van der Waals surface area (Å²) in [7, 11) is 0. The highest BCUT2D eigenvalue weighted by atomic mass is 16.3. The highest BCUT2D eigenvalue weighted by Crippen LogP contribution is 2.23.